The summed E-state index contributed by atoms with van der Waals surface area (Å²) in [4.78, 5) is 12.2. The Morgan fingerprint density at radius 2 is 1.89 bits per heavy atom. The minimum absolute atomic E-state index is 0.0840. The van der Waals surface area contributed by atoms with Crippen molar-refractivity contribution in [2.24, 2.45) is 11.7 Å². The number of aryl methyl sites for hydroxylation is 2. The molecule has 0 radical (unpaired) electrons. The number of rotatable bonds is 5. The molecule has 1 atom stereocenters. The summed E-state index contributed by atoms with van der Waals surface area (Å²) in [6, 6.07) is 3.71. The van der Waals surface area contributed by atoms with Crippen molar-refractivity contribution in [3.63, 3.8) is 0 Å². The van der Waals surface area contributed by atoms with E-state index in [-0.39, 0.29) is 11.8 Å². The highest BCUT2D eigenvalue weighted by Gasteiger charge is 2.17. The fourth-order valence-electron chi connectivity index (χ4n) is 1.87. The summed E-state index contributed by atoms with van der Waals surface area (Å²) >= 11 is 0. The number of Topliss-reactive ketones (excluding diaryl/α,β-unsaturated/α-hetero) is 1. The summed E-state index contributed by atoms with van der Waals surface area (Å²) in [5.41, 5.74) is 8.63. The van der Waals surface area contributed by atoms with E-state index in [1.165, 1.54) is 0 Å². The topological polar surface area (TPSA) is 52.3 Å². The largest absolute Gasteiger partial charge is 0.496 e. The maximum Gasteiger partial charge on any atom is 0.164 e. The Labute approximate surface area is 109 Å². The Kier molecular flexibility index (Phi) is 4.91. The monoisotopic (exact) mass is 249 g/mol. The Balaban J connectivity index is 2.96. The molecule has 0 aliphatic rings. The van der Waals surface area contributed by atoms with E-state index in [0.29, 0.717) is 12.3 Å². The fraction of sp³-hybridized carbons (Fsp3) is 0.533. The molecule has 0 saturated heterocycles. The molecular formula is C15H23NO2. The Morgan fingerprint density at radius 1 is 1.28 bits per heavy atom. The molecule has 0 amide bonds. The van der Waals surface area contributed by atoms with E-state index >= 15 is 0 Å². The first-order valence-electron chi connectivity index (χ1n) is 6.30. The van der Waals surface area contributed by atoms with Crippen LogP contribution < -0.4 is 10.5 Å². The minimum Gasteiger partial charge on any atom is -0.496 e. The van der Waals surface area contributed by atoms with Crippen LogP contribution in [-0.4, -0.2) is 18.9 Å². The van der Waals surface area contributed by atoms with Crippen molar-refractivity contribution in [2.75, 3.05) is 7.11 Å². The first-order valence-corrected chi connectivity index (χ1v) is 6.30. The summed E-state index contributed by atoms with van der Waals surface area (Å²) in [6.45, 7) is 7.93. The van der Waals surface area contributed by atoms with Gasteiger partial charge < -0.3 is 10.5 Å². The molecule has 3 nitrogen and oxygen atoms in total. The van der Waals surface area contributed by atoms with Crippen LogP contribution in [0.4, 0.5) is 0 Å². The van der Waals surface area contributed by atoms with E-state index in [1.54, 1.807) is 7.11 Å². The molecule has 1 aromatic rings. The van der Waals surface area contributed by atoms with Crippen LogP contribution in [0.3, 0.4) is 0 Å². The fourth-order valence-corrected chi connectivity index (χ4v) is 1.87. The second-order valence-corrected chi connectivity index (χ2v) is 5.17. The summed E-state index contributed by atoms with van der Waals surface area (Å²) in [5, 5.41) is 0. The Hall–Kier alpha value is -1.35. The number of ketones is 1. The highest BCUT2D eigenvalue weighted by Crippen LogP contribution is 2.24. The van der Waals surface area contributed by atoms with Crippen molar-refractivity contribution < 1.29 is 9.53 Å². The maximum absolute atomic E-state index is 12.2. The standard InChI is InChI=1S/C15H23NO2/c1-9(2)13(16)8-14(17)12-6-11(4)15(18-5)7-10(12)3/h6-7,9,13H,8,16H2,1-5H3. The number of benzene rings is 1. The van der Waals surface area contributed by atoms with E-state index in [0.717, 1.165) is 22.4 Å². The molecular weight excluding hydrogens is 226 g/mol. The van der Waals surface area contributed by atoms with Crippen molar-refractivity contribution in [2.45, 2.75) is 40.2 Å². The van der Waals surface area contributed by atoms with E-state index in [2.05, 4.69) is 0 Å². The number of hydrogen-bond acceptors (Lipinski definition) is 3. The molecule has 2 N–H and O–H groups in total. The molecule has 0 aromatic heterocycles. The minimum atomic E-state index is -0.0840. The van der Waals surface area contributed by atoms with Crippen molar-refractivity contribution >= 4 is 5.78 Å². The lowest BCUT2D eigenvalue weighted by Crippen LogP contribution is -2.29. The molecule has 1 unspecified atom stereocenters. The Morgan fingerprint density at radius 3 is 2.39 bits per heavy atom. The van der Waals surface area contributed by atoms with Gasteiger partial charge in [0.1, 0.15) is 5.75 Å². The van der Waals surface area contributed by atoms with Crippen LogP contribution in [0.1, 0.15) is 41.8 Å². The number of carbonyl (C=O) groups excluding carboxylic acids is 1. The van der Waals surface area contributed by atoms with Gasteiger partial charge in [0.25, 0.3) is 0 Å². The SMILES string of the molecule is COc1cc(C)c(C(=O)CC(N)C(C)C)cc1C. The molecule has 0 bridgehead atoms. The highest BCUT2D eigenvalue weighted by molar-refractivity contribution is 5.98. The number of methoxy groups -OCH3 is 1. The lowest BCUT2D eigenvalue weighted by atomic mass is 9.93. The number of carbonyl (C=O) groups is 1. The van der Waals surface area contributed by atoms with Crippen molar-refractivity contribution in [1.29, 1.82) is 0 Å². The summed E-state index contributed by atoms with van der Waals surface area (Å²) in [5.74, 6) is 1.24. The summed E-state index contributed by atoms with van der Waals surface area (Å²) in [6.07, 6.45) is 0.393. The molecule has 0 aliphatic carbocycles. The van der Waals surface area contributed by atoms with Crippen molar-refractivity contribution in [3.05, 3.63) is 28.8 Å². The van der Waals surface area contributed by atoms with Gasteiger partial charge >= 0.3 is 0 Å². The average molecular weight is 249 g/mol. The molecule has 0 saturated carbocycles. The number of hydrogen-bond donors (Lipinski definition) is 1. The second kappa shape index (κ2) is 6.01. The lowest BCUT2D eigenvalue weighted by Gasteiger charge is -2.16. The van der Waals surface area contributed by atoms with Crippen molar-refractivity contribution in [3.8, 4) is 5.75 Å². The molecule has 1 aromatic carbocycles. The first kappa shape index (κ1) is 14.7. The molecule has 0 aliphatic heterocycles. The number of nitrogens with two attached hydrogens (primary N) is 1. The molecule has 100 valence electrons. The van der Waals surface area contributed by atoms with Gasteiger partial charge in [0.15, 0.2) is 5.78 Å². The van der Waals surface area contributed by atoms with Gasteiger partial charge in [-0.1, -0.05) is 13.8 Å². The quantitative estimate of drug-likeness (QED) is 0.816. The van der Waals surface area contributed by atoms with Gasteiger partial charge in [-0.25, -0.2) is 0 Å². The van der Waals surface area contributed by atoms with E-state index in [4.69, 9.17) is 10.5 Å². The molecule has 0 spiro atoms. The van der Waals surface area contributed by atoms with E-state index < -0.39 is 0 Å². The highest BCUT2D eigenvalue weighted by atomic mass is 16.5. The van der Waals surface area contributed by atoms with Crippen LogP contribution in [0.25, 0.3) is 0 Å². The van der Waals surface area contributed by atoms with Gasteiger partial charge in [-0.3, -0.25) is 4.79 Å². The third-order valence-corrected chi connectivity index (χ3v) is 3.32. The summed E-state index contributed by atoms with van der Waals surface area (Å²) in [7, 11) is 1.64. The third kappa shape index (κ3) is 3.33. The van der Waals surface area contributed by atoms with Crippen LogP contribution in [-0.2, 0) is 0 Å². The zero-order valence-corrected chi connectivity index (χ0v) is 11.9. The maximum atomic E-state index is 12.2. The predicted octanol–water partition coefficient (Wildman–Crippen LogP) is 2.87. The van der Waals surface area contributed by atoms with E-state index in [1.807, 2.05) is 39.8 Å². The second-order valence-electron chi connectivity index (χ2n) is 5.17. The van der Waals surface area contributed by atoms with Gasteiger partial charge in [-0.15, -0.1) is 0 Å². The van der Waals surface area contributed by atoms with E-state index in [9.17, 15) is 4.79 Å². The first-order chi connectivity index (χ1) is 8.36. The molecule has 0 fully saturated rings. The normalized spacial score (nSPS) is 12.6. The van der Waals surface area contributed by atoms with Gasteiger partial charge in [0, 0.05) is 18.0 Å². The Bertz CT molecular complexity index is 438. The van der Waals surface area contributed by atoms with Crippen molar-refractivity contribution in [1.82, 2.24) is 0 Å². The zero-order chi connectivity index (χ0) is 13.9. The summed E-state index contributed by atoms with van der Waals surface area (Å²) < 4.78 is 5.24. The average Bonchev–Trinajstić information content (AvgIpc) is 2.31. The lowest BCUT2D eigenvalue weighted by molar-refractivity contribution is 0.0967. The van der Waals surface area contributed by atoms with Gasteiger partial charge in [-0.05, 0) is 43.0 Å². The van der Waals surface area contributed by atoms with Gasteiger partial charge in [-0.2, -0.15) is 0 Å². The smallest absolute Gasteiger partial charge is 0.164 e. The van der Waals surface area contributed by atoms with Crippen LogP contribution in [0, 0.1) is 19.8 Å². The zero-order valence-electron chi connectivity index (χ0n) is 11.9. The molecule has 3 heteroatoms. The molecule has 1 rings (SSSR count). The predicted molar refractivity (Wildman–Crippen MR) is 74.2 cm³/mol. The van der Waals surface area contributed by atoms with Crippen LogP contribution in [0.5, 0.6) is 5.75 Å². The van der Waals surface area contributed by atoms with Crippen LogP contribution in [0.2, 0.25) is 0 Å². The van der Waals surface area contributed by atoms with Crippen LogP contribution >= 0.6 is 0 Å². The molecule has 18 heavy (non-hydrogen) atoms. The van der Waals surface area contributed by atoms with Gasteiger partial charge in [0.05, 0.1) is 7.11 Å². The van der Waals surface area contributed by atoms with Crippen LogP contribution in [0.15, 0.2) is 12.1 Å². The third-order valence-electron chi connectivity index (χ3n) is 3.32. The molecule has 0 heterocycles. The number of ether oxygens (including phenoxy) is 1. The van der Waals surface area contributed by atoms with Gasteiger partial charge in [0.2, 0.25) is 0 Å².